The smallest absolute Gasteiger partial charge is 0.206 e. The van der Waals surface area contributed by atoms with Crippen molar-refractivity contribution in [2.45, 2.75) is 37.7 Å². The third-order valence-corrected chi connectivity index (χ3v) is 14.9. The Morgan fingerprint density at radius 1 is 0.594 bits per heavy atom. The molecule has 7 heteroatoms. The van der Waals surface area contributed by atoms with Crippen molar-refractivity contribution in [2.24, 2.45) is 4.99 Å². The summed E-state index contributed by atoms with van der Waals surface area (Å²) < 4.78 is 14.5. The standard InChI is InChI=1S/C57H41N5OS/c1-3-16-34(17-4-1)36-23-13-24-42-51-46(28-15-29-47(51)63-54(36)42)61-44-26-10-7-20-37(44)39-32-33-40-38-21-8-11-27-45(38)62(53(40)52(39)61)57-59-55(35-18-5-2-6-19-35)58-56(60-57)43-25-14-31-49-50(43)41-22-9-12-30-48(41)64-49/h1,3-5,7-28,30-33,47,55-56,58H,2,6,29H2,(H,59,60). The molecular formula is C57H41N5OS. The Hall–Kier alpha value is -7.45. The number of thiophene rings is 1. The van der Waals surface area contributed by atoms with Crippen LogP contribution in [-0.2, 0) is 0 Å². The van der Waals surface area contributed by atoms with E-state index in [-0.39, 0.29) is 18.4 Å². The van der Waals surface area contributed by atoms with Crippen LogP contribution in [0.25, 0.3) is 86.2 Å². The molecule has 3 unspecified atom stereocenters. The van der Waals surface area contributed by atoms with Crippen molar-refractivity contribution in [2.75, 3.05) is 0 Å². The first-order valence-corrected chi connectivity index (χ1v) is 23.2. The molecule has 4 aliphatic rings. The van der Waals surface area contributed by atoms with E-state index in [0.29, 0.717) is 0 Å². The molecule has 2 aliphatic carbocycles. The summed E-state index contributed by atoms with van der Waals surface area (Å²) >= 11 is 1.86. The van der Waals surface area contributed by atoms with Crippen molar-refractivity contribution in [3.05, 3.63) is 199 Å². The predicted molar refractivity (Wildman–Crippen MR) is 267 cm³/mol. The molecule has 306 valence electrons. The minimum absolute atomic E-state index is 0.106. The van der Waals surface area contributed by atoms with Gasteiger partial charge in [-0.2, -0.15) is 0 Å². The number of aliphatic imine (C=N–C) groups is 1. The molecule has 10 aromatic rings. The molecule has 0 radical (unpaired) electrons. The van der Waals surface area contributed by atoms with Crippen LogP contribution in [0.4, 0.5) is 0 Å². The minimum Gasteiger partial charge on any atom is -0.484 e. The highest BCUT2D eigenvalue weighted by atomic mass is 32.1. The lowest BCUT2D eigenvalue weighted by Gasteiger charge is -2.34. The molecule has 7 aromatic carbocycles. The molecule has 0 saturated carbocycles. The zero-order chi connectivity index (χ0) is 41.9. The van der Waals surface area contributed by atoms with Gasteiger partial charge in [0.25, 0.3) is 0 Å². The van der Waals surface area contributed by atoms with Gasteiger partial charge in [0, 0.05) is 64.8 Å². The lowest BCUT2D eigenvalue weighted by atomic mass is 9.92. The number of para-hydroxylation sites is 3. The van der Waals surface area contributed by atoms with E-state index in [2.05, 4.69) is 202 Å². The quantitative estimate of drug-likeness (QED) is 0.186. The van der Waals surface area contributed by atoms with E-state index in [9.17, 15) is 0 Å². The molecule has 0 bridgehead atoms. The molecule has 5 heterocycles. The molecule has 2 aliphatic heterocycles. The molecule has 64 heavy (non-hydrogen) atoms. The average molecular weight is 844 g/mol. The summed E-state index contributed by atoms with van der Waals surface area (Å²) in [5.41, 5.74) is 12.7. The van der Waals surface area contributed by atoms with Crippen LogP contribution >= 0.6 is 11.3 Å². The lowest BCUT2D eigenvalue weighted by Crippen LogP contribution is -2.50. The summed E-state index contributed by atoms with van der Waals surface area (Å²) in [6.07, 6.45) is 13.8. The summed E-state index contributed by atoms with van der Waals surface area (Å²) in [7, 11) is 0. The Balaban J connectivity index is 1.06. The van der Waals surface area contributed by atoms with E-state index < -0.39 is 0 Å². The van der Waals surface area contributed by atoms with Gasteiger partial charge in [0.1, 0.15) is 24.2 Å². The Morgan fingerprint density at radius 3 is 2.11 bits per heavy atom. The number of nitrogens with zero attached hydrogens (tertiary/aromatic N) is 3. The van der Waals surface area contributed by atoms with Gasteiger partial charge in [-0.05, 0) is 59.9 Å². The lowest BCUT2D eigenvalue weighted by molar-refractivity contribution is 0.280. The van der Waals surface area contributed by atoms with E-state index in [0.717, 1.165) is 75.4 Å². The SMILES string of the molecule is C1=CC(C2N=C(n3c4ccccc4c4ccc5c6ccccc6n(C6=C7c8cccc(-c9ccccc9)c8OC7CC=C6)c5c43)NC(c3cccc4sc5ccccc5c34)N2)=CCC1. The van der Waals surface area contributed by atoms with Crippen molar-refractivity contribution in [3.8, 4) is 16.9 Å². The second-order valence-electron chi connectivity index (χ2n) is 17.3. The first kappa shape index (κ1) is 36.1. The largest absolute Gasteiger partial charge is 0.484 e. The van der Waals surface area contributed by atoms with Crippen LogP contribution < -0.4 is 15.4 Å². The summed E-state index contributed by atoms with van der Waals surface area (Å²) in [6, 6.07) is 55.1. The normalized spacial score (nSPS) is 19.4. The van der Waals surface area contributed by atoms with E-state index in [1.165, 1.54) is 58.4 Å². The number of aromatic nitrogens is 2. The van der Waals surface area contributed by atoms with Crippen molar-refractivity contribution >= 4 is 92.4 Å². The number of rotatable bonds is 4. The maximum absolute atomic E-state index is 7.00. The van der Waals surface area contributed by atoms with Crippen LogP contribution in [0, 0.1) is 0 Å². The van der Waals surface area contributed by atoms with Crippen LogP contribution in [0.3, 0.4) is 0 Å². The summed E-state index contributed by atoms with van der Waals surface area (Å²) in [4.78, 5) is 5.66. The Bertz CT molecular complexity index is 3760. The first-order chi connectivity index (χ1) is 31.8. The molecular weight excluding hydrogens is 803 g/mol. The number of hydrogen-bond acceptors (Lipinski definition) is 5. The second kappa shape index (κ2) is 14.0. The fourth-order valence-corrected chi connectivity index (χ4v) is 12.1. The molecule has 3 atom stereocenters. The highest BCUT2D eigenvalue weighted by Gasteiger charge is 2.36. The van der Waals surface area contributed by atoms with Gasteiger partial charge in [-0.15, -0.1) is 11.3 Å². The molecule has 0 amide bonds. The maximum atomic E-state index is 7.00. The summed E-state index contributed by atoms with van der Waals surface area (Å²) in [6.45, 7) is 0. The van der Waals surface area contributed by atoms with Crippen LogP contribution in [0.15, 0.2) is 193 Å². The third kappa shape index (κ3) is 5.25. The summed E-state index contributed by atoms with van der Waals surface area (Å²) in [5.74, 6) is 1.78. The van der Waals surface area contributed by atoms with Crippen LogP contribution in [0.5, 0.6) is 5.75 Å². The molecule has 6 nitrogen and oxygen atoms in total. The van der Waals surface area contributed by atoms with E-state index in [1.807, 2.05) is 11.3 Å². The van der Waals surface area contributed by atoms with Gasteiger partial charge < -0.3 is 14.6 Å². The van der Waals surface area contributed by atoms with Gasteiger partial charge in [-0.25, -0.2) is 4.99 Å². The van der Waals surface area contributed by atoms with Crippen molar-refractivity contribution in [1.29, 1.82) is 0 Å². The fourth-order valence-electron chi connectivity index (χ4n) is 11.0. The molecule has 14 rings (SSSR count). The van der Waals surface area contributed by atoms with Gasteiger partial charge in [-0.3, -0.25) is 9.88 Å². The van der Waals surface area contributed by atoms with Gasteiger partial charge in [0.15, 0.2) is 0 Å². The summed E-state index contributed by atoms with van der Waals surface area (Å²) in [5, 5.41) is 15.4. The van der Waals surface area contributed by atoms with Gasteiger partial charge in [-0.1, -0.05) is 152 Å². The van der Waals surface area contributed by atoms with Gasteiger partial charge in [0.05, 0.1) is 27.8 Å². The van der Waals surface area contributed by atoms with E-state index in [4.69, 9.17) is 9.73 Å². The Morgan fingerprint density at radius 2 is 1.30 bits per heavy atom. The number of allylic oxidation sites excluding steroid dienone is 4. The van der Waals surface area contributed by atoms with Gasteiger partial charge in [0.2, 0.25) is 5.96 Å². The third-order valence-electron chi connectivity index (χ3n) is 13.7. The molecule has 3 aromatic heterocycles. The molecule has 0 saturated heterocycles. The van der Waals surface area contributed by atoms with Crippen LogP contribution in [0.1, 0.15) is 36.6 Å². The molecule has 0 spiro atoms. The van der Waals surface area contributed by atoms with Crippen molar-refractivity contribution < 1.29 is 4.74 Å². The Kier molecular flexibility index (Phi) is 7.91. The highest BCUT2D eigenvalue weighted by molar-refractivity contribution is 7.25. The van der Waals surface area contributed by atoms with Gasteiger partial charge >= 0.3 is 0 Å². The zero-order valence-corrected chi connectivity index (χ0v) is 35.6. The molecule has 0 fully saturated rings. The number of hydrogen-bond donors (Lipinski definition) is 2. The average Bonchev–Trinajstić information content (AvgIpc) is 4.12. The first-order valence-electron chi connectivity index (χ1n) is 22.4. The number of fused-ring (bicyclic) bond motifs is 13. The number of nitrogens with one attached hydrogen (secondary N) is 2. The fraction of sp³-hybridized carbons (Fsp3) is 0.105. The van der Waals surface area contributed by atoms with E-state index >= 15 is 0 Å². The van der Waals surface area contributed by atoms with Crippen molar-refractivity contribution in [3.63, 3.8) is 0 Å². The number of benzene rings is 7. The van der Waals surface area contributed by atoms with Crippen LogP contribution in [0.2, 0.25) is 0 Å². The van der Waals surface area contributed by atoms with Crippen LogP contribution in [-0.4, -0.2) is 27.4 Å². The monoisotopic (exact) mass is 843 g/mol. The Labute approximate surface area is 373 Å². The zero-order valence-electron chi connectivity index (χ0n) is 34.8. The molecule has 2 N–H and O–H groups in total. The second-order valence-corrected chi connectivity index (χ2v) is 18.3. The highest BCUT2D eigenvalue weighted by Crippen LogP contribution is 2.51. The minimum atomic E-state index is -0.267. The number of ether oxygens (including phenoxy) is 1. The van der Waals surface area contributed by atoms with E-state index in [1.54, 1.807) is 0 Å². The van der Waals surface area contributed by atoms with Crippen molar-refractivity contribution in [1.82, 2.24) is 19.8 Å². The topological polar surface area (TPSA) is 55.5 Å². The predicted octanol–water partition coefficient (Wildman–Crippen LogP) is 13.7. The maximum Gasteiger partial charge on any atom is 0.206 e.